The third-order valence-corrected chi connectivity index (χ3v) is 6.62. The van der Waals surface area contributed by atoms with Gasteiger partial charge in [-0.1, -0.05) is 41.4 Å². The van der Waals surface area contributed by atoms with Gasteiger partial charge in [-0.15, -0.1) is 0 Å². The first kappa shape index (κ1) is 22.4. The van der Waals surface area contributed by atoms with Crippen LogP contribution in [0, 0.1) is 15.9 Å². The molecule has 32 heavy (non-hydrogen) atoms. The van der Waals surface area contributed by atoms with Gasteiger partial charge in [0.05, 0.1) is 24.1 Å². The van der Waals surface area contributed by atoms with Crippen LogP contribution in [-0.4, -0.2) is 36.0 Å². The number of benzene rings is 2. The predicted octanol–water partition coefficient (Wildman–Crippen LogP) is 3.63. The van der Waals surface area contributed by atoms with E-state index >= 15 is 4.39 Å². The Morgan fingerprint density at radius 2 is 2.06 bits per heavy atom. The fourth-order valence-electron chi connectivity index (χ4n) is 4.78. The summed E-state index contributed by atoms with van der Waals surface area (Å²) in [5.41, 5.74) is -0.948. The minimum atomic E-state index is -1.66. The van der Waals surface area contributed by atoms with Gasteiger partial charge >= 0.3 is 5.97 Å². The summed E-state index contributed by atoms with van der Waals surface area (Å²) >= 11 is 12.1. The van der Waals surface area contributed by atoms with Crippen molar-refractivity contribution in [1.29, 1.82) is 0 Å². The zero-order valence-electron chi connectivity index (χ0n) is 16.7. The molecule has 1 saturated heterocycles. The Morgan fingerprint density at radius 1 is 1.31 bits per heavy atom. The van der Waals surface area contributed by atoms with E-state index in [9.17, 15) is 19.7 Å². The predicted molar refractivity (Wildman–Crippen MR) is 115 cm³/mol. The molecule has 2 aromatic carbocycles. The molecule has 4 rings (SSSR count). The van der Waals surface area contributed by atoms with E-state index in [0.717, 1.165) is 0 Å². The molecule has 8 nitrogen and oxygen atoms in total. The largest absolute Gasteiger partial charge is 0.469 e. The highest BCUT2D eigenvalue weighted by Crippen LogP contribution is 2.53. The van der Waals surface area contributed by atoms with Crippen molar-refractivity contribution in [2.75, 3.05) is 12.4 Å². The number of esters is 1. The summed E-state index contributed by atoms with van der Waals surface area (Å²) in [6, 6.07) is 6.49. The van der Waals surface area contributed by atoms with Crippen LogP contribution in [0.5, 0.6) is 0 Å². The van der Waals surface area contributed by atoms with Gasteiger partial charge in [0.25, 0.3) is 0 Å². The fourth-order valence-corrected chi connectivity index (χ4v) is 5.13. The molecule has 0 aliphatic carbocycles. The average Bonchev–Trinajstić information content (AvgIpc) is 3.23. The lowest BCUT2D eigenvalue weighted by Gasteiger charge is -2.30. The minimum absolute atomic E-state index is 0.00889. The maximum atomic E-state index is 15.2. The third-order valence-electron chi connectivity index (χ3n) is 6.09. The average molecular weight is 482 g/mol. The van der Waals surface area contributed by atoms with Gasteiger partial charge in [0.15, 0.2) is 0 Å². The zero-order valence-corrected chi connectivity index (χ0v) is 18.2. The number of amides is 1. The van der Waals surface area contributed by atoms with E-state index in [1.54, 1.807) is 12.1 Å². The van der Waals surface area contributed by atoms with Crippen LogP contribution < -0.4 is 10.6 Å². The monoisotopic (exact) mass is 481 g/mol. The molecule has 2 heterocycles. The summed E-state index contributed by atoms with van der Waals surface area (Å²) in [6.07, 6.45) is -0.108. The van der Waals surface area contributed by atoms with Crippen LogP contribution in [0.1, 0.15) is 29.9 Å². The van der Waals surface area contributed by atoms with Crippen LogP contribution in [0.4, 0.5) is 10.1 Å². The van der Waals surface area contributed by atoms with E-state index in [0.29, 0.717) is 16.3 Å². The highest BCUT2D eigenvalue weighted by molar-refractivity contribution is 6.31. The van der Waals surface area contributed by atoms with Gasteiger partial charge in [0.1, 0.15) is 11.4 Å². The molecule has 1 fully saturated rings. The first-order valence-corrected chi connectivity index (χ1v) is 10.5. The number of rotatable bonds is 5. The van der Waals surface area contributed by atoms with Crippen molar-refractivity contribution in [3.8, 4) is 0 Å². The topological polar surface area (TPSA) is 111 Å². The lowest BCUT2D eigenvalue weighted by atomic mass is 9.74. The lowest BCUT2D eigenvalue weighted by molar-refractivity contribution is -0.527. The molecule has 0 radical (unpaired) electrons. The maximum Gasteiger partial charge on any atom is 0.305 e. The summed E-state index contributed by atoms with van der Waals surface area (Å²) < 4.78 is 19.8. The minimum Gasteiger partial charge on any atom is -0.469 e. The Hall–Kier alpha value is -2.75. The highest BCUT2D eigenvalue weighted by Gasteiger charge is 2.67. The summed E-state index contributed by atoms with van der Waals surface area (Å²) in [6.45, 7) is 0. The molecule has 0 unspecified atom stereocenters. The van der Waals surface area contributed by atoms with Gasteiger partial charge in [0, 0.05) is 33.2 Å². The van der Waals surface area contributed by atoms with Gasteiger partial charge in [-0.05, 0) is 24.6 Å². The van der Waals surface area contributed by atoms with Gasteiger partial charge in [0.2, 0.25) is 11.9 Å². The van der Waals surface area contributed by atoms with Crippen LogP contribution in [0.25, 0.3) is 0 Å². The molecule has 0 bridgehead atoms. The smallest absolute Gasteiger partial charge is 0.305 e. The Kier molecular flexibility index (Phi) is 5.83. The number of fused-ring (bicyclic) bond motifs is 2. The van der Waals surface area contributed by atoms with Crippen LogP contribution >= 0.6 is 23.2 Å². The quantitative estimate of drug-likeness (QED) is 0.383. The van der Waals surface area contributed by atoms with Crippen molar-refractivity contribution in [2.45, 2.75) is 36.4 Å². The highest BCUT2D eigenvalue weighted by atomic mass is 35.5. The summed E-state index contributed by atoms with van der Waals surface area (Å²) in [4.78, 5) is 36.8. The summed E-state index contributed by atoms with van der Waals surface area (Å²) in [5.74, 6) is -3.22. The molecule has 4 atom stereocenters. The Bertz CT molecular complexity index is 1130. The van der Waals surface area contributed by atoms with Crippen LogP contribution in [0.15, 0.2) is 36.4 Å². The normalized spacial score (nSPS) is 26.1. The summed E-state index contributed by atoms with van der Waals surface area (Å²) in [7, 11) is 1.21. The number of carbonyl (C=O) groups is 2. The molecule has 168 valence electrons. The Balaban J connectivity index is 1.93. The molecule has 2 aliphatic heterocycles. The molecule has 2 aliphatic rings. The molecule has 1 amide bonds. The number of halogens is 3. The van der Waals surface area contributed by atoms with Gasteiger partial charge < -0.3 is 10.1 Å². The van der Waals surface area contributed by atoms with Crippen molar-refractivity contribution >= 4 is 40.8 Å². The van der Waals surface area contributed by atoms with Gasteiger partial charge in [-0.2, -0.15) is 0 Å². The second-order valence-corrected chi connectivity index (χ2v) is 8.56. The van der Waals surface area contributed by atoms with Crippen molar-refractivity contribution < 1.29 is 23.6 Å². The molecular formula is C21H18Cl2FN3O5. The van der Waals surface area contributed by atoms with Crippen molar-refractivity contribution in [3.05, 3.63) is 73.5 Å². The second-order valence-electron chi connectivity index (χ2n) is 7.71. The van der Waals surface area contributed by atoms with Crippen molar-refractivity contribution in [2.24, 2.45) is 0 Å². The number of methoxy groups -OCH3 is 1. The van der Waals surface area contributed by atoms with Gasteiger partial charge in [-0.3, -0.25) is 25.0 Å². The summed E-state index contributed by atoms with van der Waals surface area (Å²) in [5, 5.41) is 18.2. The molecule has 0 aromatic heterocycles. The van der Waals surface area contributed by atoms with Gasteiger partial charge in [-0.25, -0.2) is 4.39 Å². The van der Waals surface area contributed by atoms with E-state index in [1.807, 2.05) is 0 Å². The number of hydrogen-bond acceptors (Lipinski definition) is 6. The second kappa shape index (κ2) is 8.31. The number of nitro groups is 1. The molecule has 0 saturated carbocycles. The van der Waals surface area contributed by atoms with E-state index in [-0.39, 0.29) is 23.4 Å². The van der Waals surface area contributed by atoms with Crippen LogP contribution in [0.2, 0.25) is 10.0 Å². The van der Waals surface area contributed by atoms with Crippen LogP contribution in [0.3, 0.4) is 0 Å². The molecule has 11 heteroatoms. The fraction of sp³-hybridized carbons (Fsp3) is 0.333. The van der Waals surface area contributed by atoms with E-state index in [2.05, 4.69) is 15.4 Å². The molecular weight excluding hydrogens is 464 g/mol. The standard InChI is InChI=1S/C21H18Cl2FN3O5/c1-32-16(28)8-7-14-19(27(30)31)17(11-3-2-4-13(23)18(11)24)21(26-14)12-6-5-10(22)9-15(12)25-20(21)29/h2-6,9,14,17,19,26H,7-8H2,1H3,(H,25,29)/t14-,17-,19+,21+/m0/s1. The Labute approximate surface area is 192 Å². The zero-order chi connectivity index (χ0) is 23.2. The lowest BCUT2D eigenvalue weighted by Crippen LogP contribution is -2.49. The number of anilines is 1. The number of nitrogens with zero attached hydrogens (tertiary/aromatic N) is 1. The maximum absolute atomic E-state index is 15.2. The number of hydrogen-bond donors (Lipinski definition) is 2. The SMILES string of the molecule is COC(=O)CC[C@@H]1N[C@@]2(C(=O)Nc3cc(Cl)ccc32)[C@@H](c2cccc(Cl)c2F)[C@@H]1[N+](=O)[O-]. The Morgan fingerprint density at radius 3 is 2.75 bits per heavy atom. The van der Waals surface area contributed by atoms with Crippen molar-refractivity contribution in [1.82, 2.24) is 5.32 Å². The van der Waals surface area contributed by atoms with E-state index in [4.69, 9.17) is 23.2 Å². The van der Waals surface area contributed by atoms with E-state index < -0.39 is 46.2 Å². The van der Waals surface area contributed by atoms with Crippen molar-refractivity contribution in [3.63, 3.8) is 0 Å². The van der Waals surface area contributed by atoms with Crippen LogP contribution in [-0.2, 0) is 19.9 Å². The third kappa shape index (κ3) is 3.41. The number of ether oxygens (including phenoxy) is 1. The first-order chi connectivity index (χ1) is 15.2. The first-order valence-electron chi connectivity index (χ1n) is 9.74. The number of nitrogens with one attached hydrogen (secondary N) is 2. The van der Waals surface area contributed by atoms with E-state index in [1.165, 1.54) is 31.4 Å². The molecule has 2 aromatic rings. The molecule has 2 N–H and O–H groups in total. The molecule has 1 spiro atoms. The number of carbonyl (C=O) groups excluding carboxylic acids is 2.